The summed E-state index contributed by atoms with van der Waals surface area (Å²) in [6.07, 6.45) is 0. The van der Waals surface area contributed by atoms with E-state index >= 15 is 0 Å². The monoisotopic (exact) mass is 263 g/mol. The van der Waals surface area contributed by atoms with Crippen molar-refractivity contribution < 1.29 is 9.66 Å². The second-order valence-electron chi connectivity index (χ2n) is 3.63. The molecule has 2 aromatic carbocycles. The molecule has 0 aliphatic carbocycles. The summed E-state index contributed by atoms with van der Waals surface area (Å²) in [6, 6.07) is 13.7. The van der Waals surface area contributed by atoms with Gasteiger partial charge in [-0.25, -0.2) is 0 Å². The predicted octanol–water partition coefficient (Wildman–Crippen LogP) is 3.83. The highest BCUT2D eigenvalue weighted by Crippen LogP contribution is 2.24. The Bertz CT molecular complexity index is 557. The molecule has 0 N–H and O–H groups in total. The summed E-state index contributed by atoms with van der Waals surface area (Å²) in [5, 5.41) is 11.2. The maximum absolute atomic E-state index is 10.9. The molecule has 92 valence electrons. The molecule has 0 aliphatic heterocycles. The normalized spacial score (nSPS) is 10.1. The number of halogens is 1. The molecule has 0 aromatic heterocycles. The lowest BCUT2D eigenvalue weighted by atomic mass is 10.2. The summed E-state index contributed by atoms with van der Waals surface area (Å²) in [5.74, 6) is 0.668. The van der Waals surface area contributed by atoms with Gasteiger partial charge in [0.05, 0.1) is 10.5 Å². The second-order valence-corrected chi connectivity index (χ2v) is 4.07. The molecule has 0 unspecified atom stereocenters. The molecule has 2 aromatic rings. The van der Waals surface area contributed by atoms with Crippen LogP contribution in [0, 0.1) is 10.1 Å². The van der Waals surface area contributed by atoms with Gasteiger partial charge in [0.1, 0.15) is 12.4 Å². The van der Waals surface area contributed by atoms with E-state index in [0.717, 1.165) is 0 Å². The molecule has 0 saturated carbocycles. The number of hydrogen-bond donors (Lipinski definition) is 0. The van der Waals surface area contributed by atoms with Gasteiger partial charge in [0.25, 0.3) is 5.69 Å². The molecule has 4 nitrogen and oxygen atoms in total. The van der Waals surface area contributed by atoms with Crippen molar-refractivity contribution in [1.82, 2.24) is 0 Å². The van der Waals surface area contributed by atoms with E-state index in [1.807, 2.05) is 18.2 Å². The third-order valence-electron chi connectivity index (χ3n) is 2.38. The van der Waals surface area contributed by atoms with E-state index in [1.165, 1.54) is 6.07 Å². The minimum absolute atomic E-state index is 0.0292. The van der Waals surface area contributed by atoms with Crippen molar-refractivity contribution >= 4 is 17.3 Å². The van der Waals surface area contributed by atoms with Crippen LogP contribution < -0.4 is 4.74 Å². The van der Waals surface area contributed by atoms with Crippen LogP contribution in [0.4, 0.5) is 5.69 Å². The molecular weight excluding hydrogens is 254 g/mol. The van der Waals surface area contributed by atoms with Crippen molar-refractivity contribution in [3.63, 3.8) is 0 Å². The lowest BCUT2D eigenvalue weighted by molar-refractivity contribution is -0.385. The lowest BCUT2D eigenvalue weighted by Gasteiger charge is -2.06. The first-order valence-corrected chi connectivity index (χ1v) is 5.65. The van der Waals surface area contributed by atoms with Gasteiger partial charge in [0, 0.05) is 11.1 Å². The van der Waals surface area contributed by atoms with E-state index in [0.29, 0.717) is 16.3 Å². The molecule has 0 heterocycles. The molecule has 2 rings (SSSR count). The van der Waals surface area contributed by atoms with Crippen molar-refractivity contribution in [2.24, 2.45) is 0 Å². The van der Waals surface area contributed by atoms with Crippen molar-refractivity contribution in [2.75, 3.05) is 0 Å². The summed E-state index contributed by atoms with van der Waals surface area (Å²) in [6.45, 7) is 0.136. The second kappa shape index (κ2) is 5.51. The number of ether oxygens (including phenoxy) is 1. The first kappa shape index (κ1) is 12.4. The highest BCUT2D eigenvalue weighted by Gasteiger charge is 2.14. The van der Waals surface area contributed by atoms with Crippen molar-refractivity contribution in [1.29, 1.82) is 0 Å². The molecular formula is C13H10ClNO3. The number of para-hydroxylation sites is 1. The van der Waals surface area contributed by atoms with Crippen LogP contribution in [0.25, 0.3) is 0 Å². The fourth-order valence-electron chi connectivity index (χ4n) is 1.51. The van der Waals surface area contributed by atoms with Crippen LogP contribution in [0.5, 0.6) is 5.75 Å². The Kier molecular flexibility index (Phi) is 3.79. The minimum Gasteiger partial charge on any atom is -0.489 e. The summed E-state index contributed by atoms with van der Waals surface area (Å²) in [4.78, 5) is 10.4. The zero-order valence-corrected chi connectivity index (χ0v) is 10.1. The summed E-state index contributed by atoms with van der Waals surface area (Å²) >= 11 is 5.73. The number of hydrogen-bond acceptors (Lipinski definition) is 3. The standard InChI is InChI=1S/C13H10ClNO3/c14-11-7-6-10(13(8-11)15(16)17)9-18-12-4-2-1-3-5-12/h1-8H,9H2. The zero-order chi connectivity index (χ0) is 13.0. The molecule has 5 heteroatoms. The molecule has 0 radical (unpaired) electrons. The zero-order valence-electron chi connectivity index (χ0n) is 9.38. The van der Waals surface area contributed by atoms with Gasteiger partial charge in [-0.15, -0.1) is 0 Å². The van der Waals surface area contributed by atoms with Crippen molar-refractivity contribution in [2.45, 2.75) is 6.61 Å². The van der Waals surface area contributed by atoms with E-state index in [-0.39, 0.29) is 12.3 Å². The van der Waals surface area contributed by atoms with Gasteiger partial charge in [-0.3, -0.25) is 10.1 Å². The maximum Gasteiger partial charge on any atom is 0.277 e. The molecule has 18 heavy (non-hydrogen) atoms. The smallest absolute Gasteiger partial charge is 0.277 e. The number of rotatable bonds is 4. The van der Waals surface area contributed by atoms with Crippen molar-refractivity contribution in [3.8, 4) is 5.75 Å². The van der Waals surface area contributed by atoms with E-state index in [1.54, 1.807) is 24.3 Å². The van der Waals surface area contributed by atoms with Crippen LogP contribution in [0.2, 0.25) is 5.02 Å². The van der Waals surface area contributed by atoms with E-state index in [4.69, 9.17) is 16.3 Å². The van der Waals surface area contributed by atoms with Gasteiger partial charge in [-0.05, 0) is 24.3 Å². The number of nitro benzene ring substituents is 1. The van der Waals surface area contributed by atoms with Crippen LogP contribution in [0.15, 0.2) is 48.5 Å². The quantitative estimate of drug-likeness (QED) is 0.622. The Morgan fingerprint density at radius 2 is 1.89 bits per heavy atom. The Morgan fingerprint density at radius 3 is 2.56 bits per heavy atom. The van der Waals surface area contributed by atoms with Gasteiger partial charge in [-0.2, -0.15) is 0 Å². The number of nitrogens with zero attached hydrogens (tertiary/aromatic N) is 1. The third kappa shape index (κ3) is 2.99. The van der Waals surface area contributed by atoms with Gasteiger partial charge >= 0.3 is 0 Å². The maximum atomic E-state index is 10.9. The Morgan fingerprint density at radius 1 is 1.17 bits per heavy atom. The molecule has 0 bridgehead atoms. The third-order valence-corrected chi connectivity index (χ3v) is 2.62. The van der Waals surface area contributed by atoms with Gasteiger partial charge in [0.2, 0.25) is 0 Å². The highest BCUT2D eigenvalue weighted by molar-refractivity contribution is 6.30. The largest absolute Gasteiger partial charge is 0.489 e. The van der Waals surface area contributed by atoms with Gasteiger partial charge < -0.3 is 4.74 Å². The minimum atomic E-state index is -0.463. The fraction of sp³-hybridized carbons (Fsp3) is 0.0769. The number of nitro groups is 1. The average molecular weight is 264 g/mol. The van der Waals surface area contributed by atoms with Crippen molar-refractivity contribution in [3.05, 3.63) is 69.2 Å². The van der Waals surface area contributed by atoms with Crippen LogP contribution in [0.3, 0.4) is 0 Å². The first-order chi connectivity index (χ1) is 8.66. The SMILES string of the molecule is O=[N+]([O-])c1cc(Cl)ccc1COc1ccccc1. The highest BCUT2D eigenvalue weighted by atomic mass is 35.5. The van der Waals surface area contributed by atoms with Crippen LogP contribution >= 0.6 is 11.6 Å². The summed E-state index contributed by atoms with van der Waals surface area (Å²) in [7, 11) is 0. The molecule has 0 amide bonds. The molecule has 0 fully saturated rings. The first-order valence-electron chi connectivity index (χ1n) is 5.27. The summed E-state index contributed by atoms with van der Waals surface area (Å²) in [5.41, 5.74) is 0.465. The van der Waals surface area contributed by atoms with Crippen LogP contribution in [-0.2, 0) is 6.61 Å². The molecule has 0 saturated heterocycles. The Labute approximate surface area is 109 Å². The van der Waals surface area contributed by atoms with Crippen LogP contribution in [-0.4, -0.2) is 4.92 Å². The van der Waals surface area contributed by atoms with Gasteiger partial charge in [-0.1, -0.05) is 29.8 Å². The topological polar surface area (TPSA) is 52.4 Å². The average Bonchev–Trinajstić information content (AvgIpc) is 2.38. The van der Waals surface area contributed by atoms with Gasteiger partial charge in [0.15, 0.2) is 0 Å². The number of benzene rings is 2. The molecule has 0 spiro atoms. The van der Waals surface area contributed by atoms with Crippen LogP contribution in [0.1, 0.15) is 5.56 Å². The Hall–Kier alpha value is -2.07. The Balaban J connectivity index is 2.17. The van der Waals surface area contributed by atoms with E-state index in [2.05, 4.69) is 0 Å². The summed E-state index contributed by atoms with van der Waals surface area (Å²) < 4.78 is 5.48. The van der Waals surface area contributed by atoms with E-state index < -0.39 is 4.92 Å². The lowest BCUT2D eigenvalue weighted by Crippen LogP contribution is -2.00. The molecule has 0 aliphatic rings. The molecule has 0 atom stereocenters. The van der Waals surface area contributed by atoms with E-state index in [9.17, 15) is 10.1 Å². The fourth-order valence-corrected chi connectivity index (χ4v) is 1.67. The predicted molar refractivity (Wildman–Crippen MR) is 68.9 cm³/mol.